The molecule has 0 fully saturated rings. The quantitative estimate of drug-likeness (QED) is 0.207. The van der Waals surface area contributed by atoms with E-state index < -0.39 is 5.97 Å². The van der Waals surface area contributed by atoms with E-state index in [9.17, 15) is 9.59 Å². The number of benzene rings is 2. The first-order valence-corrected chi connectivity index (χ1v) is 10.4. The molecule has 0 unspecified atom stereocenters. The van der Waals surface area contributed by atoms with E-state index >= 15 is 0 Å². The lowest BCUT2D eigenvalue weighted by Crippen LogP contribution is -2.08. The van der Waals surface area contributed by atoms with Gasteiger partial charge in [0.05, 0.1) is 17.7 Å². The fourth-order valence-corrected chi connectivity index (χ4v) is 4.52. The van der Waals surface area contributed by atoms with Crippen LogP contribution in [0.5, 0.6) is 5.75 Å². The molecule has 0 radical (unpaired) electrons. The predicted octanol–water partition coefficient (Wildman–Crippen LogP) is 5.21. The van der Waals surface area contributed by atoms with Crippen molar-refractivity contribution >= 4 is 80.7 Å². The number of carbonyl (C=O) groups excluding carboxylic acids is 2. The number of ether oxygens (including phenoxy) is 2. The van der Waals surface area contributed by atoms with Crippen LogP contribution in [0.15, 0.2) is 47.1 Å². The maximum atomic E-state index is 12.2. The summed E-state index contributed by atoms with van der Waals surface area (Å²) in [5.41, 5.74) is 1.48. The Hall–Kier alpha value is -1.46. The Kier molecular flexibility index (Phi) is 6.53. The average molecular weight is 608 g/mol. The number of aliphatic imine (C=N–C) groups is 1. The predicted molar refractivity (Wildman–Crippen MR) is 120 cm³/mol. The van der Waals surface area contributed by atoms with E-state index in [0.717, 1.165) is 12.7 Å². The summed E-state index contributed by atoms with van der Waals surface area (Å²) in [6.07, 6.45) is 1.92. The second-order valence-corrected chi connectivity index (χ2v) is 8.19. The Balaban J connectivity index is 1.93. The number of rotatable bonds is 4. The van der Waals surface area contributed by atoms with E-state index in [1.807, 2.05) is 12.1 Å². The van der Waals surface area contributed by atoms with Gasteiger partial charge in [-0.15, -0.1) is 0 Å². The van der Waals surface area contributed by atoms with Crippen molar-refractivity contribution in [3.63, 3.8) is 0 Å². The van der Waals surface area contributed by atoms with Crippen molar-refractivity contribution in [1.82, 2.24) is 0 Å². The van der Waals surface area contributed by atoms with Gasteiger partial charge in [-0.2, -0.15) is 0 Å². The topological polar surface area (TPSA) is 65.0 Å². The molecule has 2 aromatic rings. The zero-order valence-electron chi connectivity index (χ0n) is 14.0. The molecule has 0 aliphatic carbocycles. The fourth-order valence-electron chi connectivity index (χ4n) is 2.26. The van der Waals surface area contributed by atoms with Crippen molar-refractivity contribution < 1.29 is 19.1 Å². The number of esters is 2. The summed E-state index contributed by atoms with van der Waals surface area (Å²) in [5, 5.41) is 0.455. The molecule has 0 spiro atoms. The van der Waals surface area contributed by atoms with Crippen LogP contribution >= 0.6 is 56.8 Å². The van der Waals surface area contributed by atoms with Crippen molar-refractivity contribution in [3.8, 4) is 5.75 Å². The third kappa shape index (κ3) is 4.69. The zero-order chi connectivity index (χ0) is 19.6. The molecule has 0 atom stereocenters. The number of cyclic esters (lactones) is 1. The molecule has 27 heavy (non-hydrogen) atoms. The molecule has 0 N–H and O–H groups in total. The Morgan fingerprint density at radius 3 is 2.56 bits per heavy atom. The number of hydrogen-bond acceptors (Lipinski definition) is 5. The van der Waals surface area contributed by atoms with Crippen molar-refractivity contribution in [2.45, 2.75) is 13.3 Å². The molecule has 138 valence electrons. The van der Waals surface area contributed by atoms with Crippen LogP contribution in [0.25, 0.3) is 6.08 Å². The van der Waals surface area contributed by atoms with Crippen molar-refractivity contribution in [3.05, 3.63) is 65.4 Å². The van der Waals surface area contributed by atoms with Crippen LogP contribution in [0.3, 0.4) is 0 Å². The highest BCUT2D eigenvalue weighted by atomic mass is 127. The van der Waals surface area contributed by atoms with Crippen LogP contribution in [0.4, 0.5) is 0 Å². The van der Waals surface area contributed by atoms with E-state index in [4.69, 9.17) is 21.1 Å². The van der Waals surface area contributed by atoms with Crippen molar-refractivity contribution in [2.24, 2.45) is 4.99 Å². The monoisotopic (exact) mass is 607 g/mol. The van der Waals surface area contributed by atoms with E-state index in [1.165, 1.54) is 0 Å². The minimum Gasteiger partial charge on any atom is -0.424 e. The summed E-state index contributed by atoms with van der Waals surface area (Å²) in [7, 11) is 0. The summed E-state index contributed by atoms with van der Waals surface area (Å²) in [5.74, 6) is -0.157. The van der Waals surface area contributed by atoms with Gasteiger partial charge in [0.25, 0.3) is 0 Å². The molecule has 0 saturated heterocycles. The smallest absolute Gasteiger partial charge is 0.363 e. The third-order valence-corrected chi connectivity index (χ3v) is 5.49. The standard InChI is InChI=1S/C19H12ClI2NO4/c1-2-16(24)26-17-13(21)7-10(8-14(17)22)9-15-19(25)27-18(23-15)11-5-3-4-6-12(11)20/h3-9H,2H2,1H3/b15-9-. The average Bonchev–Trinajstić information content (AvgIpc) is 2.98. The number of halogens is 3. The van der Waals surface area contributed by atoms with Gasteiger partial charge in [-0.1, -0.05) is 30.7 Å². The second kappa shape index (κ2) is 8.70. The van der Waals surface area contributed by atoms with E-state index in [1.54, 1.807) is 37.3 Å². The normalized spacial score (nSPS) is 14.9. The highest BCUT2D eigenvalue weighted by molar-refractivity contribution is 14.1. The summed E-state index contributed by atoms with van der Waals surface area (Å²) in [6, 6.07) is 10.6. The maximum Gasteiger partial charge on any atom is 0.363 e. The Morgan fingerprint density at radius 1 is 1.26 bits per heavy atom. The largest absolute Gasteiger partial charge is 0.424 e. The Morgan fingerprint density at radius 2 is 1.93 bits per heavy atom. The Labute approximate surface area is 188 Å². The van der Waals surface area contributed by atoms with Crippen LogP contribution in [0.1, 0.15) is 24.5 Å². The second-order valence-electron chi connectivity index (χ2n) is 5.46. The minimum absolute atomic E-state index is 0.176. The van der Waals surface area contributed by atoms with Crippen molar-refractivity contribution in [1.29, 1.82) is 0 Å². The molecule has 5 nitrogen and oxygen atoms in total. The van der Waals surface area contributed by atoms with Crippen molar-refractivity contribution in [2.75, 3.05) is 0 Å². The molecule has 1 aliphatic rings. The molecule has 0 amide bonds. The van der Waals surface area contributed by atoms with E-state index in [0.29, 0.717) is 22.8 Å². The van der Waals surface area contributed by atoms with Gasteiger partial charge in [-0.3, -0.25) is 4.79 Å². The van der Waals surface area contributed by atoms with Crippen LogP contribution in [0.2, 0.25) is 5.02 Å². The maximum absolute atomic E-state index is 12.2. The first-order valence-electron chi connectivity index (χ1n) is 7.86. The summed E-state index contributed by atoms with van der Waals surface area (Å²) in [6.45, 7) is 1.74. The highest BCUT2D eigenvalue weighted by Crippen LogP contribution is 2.31. The van der Waals surface area contributed by atoms with Gasteiger partial charge in [0.15, 0.2) is 11.4 Å². The van der Waals surface area contributed by atoms with E-state index in [2.05, 4.69) is 50.2 Å². The van der Waals surface area contributed by atoms with Gasteiger partial charge in [-0.25, -0.2) is 9.79 Å². The van der Waals surface area contributed by atoms with Gasteiger partial charge in [0.2, 0.25) is 5.90 Å². The molecule has 3 rings (SSSR count). The zero-order valence-corrected chi connectivity index (χ0v) is 19.0. The first-order chi connectivity index (χ1) is 12.9. The van der Waals surface area contributed by atoms with Gasteiger partial charge < -0.3 is 9.47 Å². The molecule has 0 bridgehead atoms. The van der Waals surface area contributed by atoms with Gasteiger partial charge in [-0.05, 0) is 81.1 Å². The lowest BCUT2D eigenvalue weighted by Gasteiger charge is -2.09. The van der Waals surface area contributed by atoms with Crippen LogP contribution in [-0.2, 0) is 14.3 Å². The molecule has 2 aromatic carbocycles. The van der Waals surface area contributed by atoms with Crippen LogP contribution in [-0.4, -0.2) is 17.8 Å². The van der Waals surface area contributed by atoms with E-state index in [-0.39, 0.29) is 17.6 Å². The SMILES string of the molecule is CCC(=O)Oc1c(I)cc(/C=C2\N=C(c3ccccc3Cl)OC2=O)cc1I. The summed E-state index contributed by atoms with van der Waals surface area (Å²) in [4.78, 5) is 28.0. The fraction of sp³-hybridized carbons (Fsp3) is 0.105. The number of hydrogen-bond donors (Lipinski definition) is 0. The molecule has 0 aromatic heterocycles. The Bertz CT molecular complexity index is 978. The summed E-state index contributed by atoms with van der Waals surface area (Å²) >= 11 is 10.3. The minimum atomic E-state index is -0.545. The van der Waals surface area contributed by atoms with Crippen LogP contribution < -0.4 is 4.74 Å². The van der Waals surface area contributed by atoms with Crippen LogP contribution in [0, 0.1) is 7.14 Å². The number of carbonyl (C=O) groups is 2. The highest BCUT2D eigenvalue weighted by Gasteiger charge is 2.25. The summed E-state index contributed by atoms with van der Waals surface area (Å²) < 4.78 is 12.1. The van der Waals surface area contributed by atoms with Gasteiger partial charge >= 0.3 is 11.9 Å². The molecule has 0 saturated carbocycles. The third-order valence-electron chi connectivity index (χ3n) is 3.55. The first kappa shape index (κ1) is 20.3. The molecular weight excluding hydrogens is 595 g/mol. The molecule has 1 heterocycles. The lowest BCUT2D eigenvalue weighted by atomic mass is 10.2. The molecule has 8 heteroatoms. The molecular formula is C19H12ClI2NO4. The molecule has 1 aliphatic heterocycles. The van der Waals surface area contributed by atoms with Gasteiger partial charge in [0, 0.05) is 6.42 Å². The number of nitrogens with zero attached hydrogens (tertiary/aromatic N) is 1. The lowest BCUT2D eigenvalue weighted by molar-refractivity contribution is -0.134. The van der Waals surface area contributed by atoms with Gasteiger partial charge in [0.1, 0.15) is 0 Å².